The summed E-state index contributed by atoms with van der Waals surface area (Å²) in [5, 5.41) is 1.19. The maximum absolute atomic E-state index is 6.17. The molecule has 29 heavy (non-hydrogen) atoms. The maximum Gasteiger partial charge on any atom is 0.124 e. The highest BCUT2D eigenvalue weighted by atomic mass is 16.5. The molecule has 3 aromatic rings. The summed E-state index contributed by atoms with van der Waals surface area (Å²) in [4.78, 5) is 11.6. The van der Waals surface area contributed by atoms with Crippen LogP contribution >= 0.6 is 0 Å². The molecule has 4 nitrogen and oxygen atoms in total. The monoisotopic (exact) mass is 383 g/mol. The molecule has 1 saturated heterocycles. The number of benzene rings is 1. The molecule has 2 aliphatic rings. The van der Waals surface area contributed by atoms with Crippen LogP contribution in [0.4, 0.5) is 0 Å². The number of fused-ring (bicyclic) bond motifs is 1. The first-order valence-electron chi connectivity index (χ1n) is 10.3. The Morgan fingerprint density at radius 2 is 1.97 bits per heavy atom. The van der Waals surface area contributed by atoms with Gasteiger partial charge >= 0.3 is 0 Å². The van der Waals surface area contributed by atoms with Gasteiger partial charge in [-0.3, -0.25) is 14.9 Å². The van der Waals surface area contributed by atoms with Gasteiger partial charge in [0.15, 0.2) is 0 Å². The van der Waals surface area contributed by atoms with Gasteiger partial charge in [-0.1, -0.05) is 36.4 Å². The van der Waals surface area contributed by atoms with Gasteiger partial charge in [-0.05, 0) is 49.3 Å². The van der Waals surface area contributed by atoms with Crippen LogP contribution in [0.15, 0.2) is 78.7 Å². The van der Waals surface area contributed by atoms with E-state index in [4.69, 9.17) is 9.72 Å². The van der Waals surface area contributed by atoms with Crippen LogP contribution < -0.4 is 0 Å². The average molecular weight is 383 g/mol. The van der Waals surface area contributed by atoms with Crippen molar-refractivity contribution in [2.24, 2.45) is 0 Å². The number of pyridine rings is 2. The van der Waals surface area contributed by atoms with Crippen LogP contribution in [0.2, 0.25) is 0 Å². The summed E-state index contributed by atoms with van der Waals surface area (Å²) < 4.78 is 6.17. The minimum atomic E-state index is 0.268. The first-order chi connectivity index (χ1) is 14.2. The van der Waals surface area contributed by atoms with Crippen molar-refractivity contribution in [3.8, 4) is 0 Å². The Kier molecular flexibility index (Phi) is 4.86. The minimum Gasteiger partial charge on any atom is -0.488 e. The topological polar surface area (TPSA) is 38.2 Å². The summed E-state index contributed by atoms with van der Waals surface area (Å²) in [6.07, 6.45) is 9.77. The van der Waals surface area contributed by atoms with Gasteiger partial charge < -0.3 is 4.74 Å². The van der Waals surface area contributed by atoms with Crippen molar-refractivity contribution in [1.29, 1.82) is 0 Å². The van der Waals surface area contributed by atoms with Crippen LogP contribution in [-0.4, -0.2) is 34.1 Å². The number of aromatic nitrogens is 2. The number of ether oxygens (including phenoxy) is 1. The molecule has 5 rings (SSSR count). The summed E-state index contributed by atoms with van der Waals surface area (Å²) in [6, 6.07) is 16.8. The SMILES string of the molecule is Cc1ccc(C2C=CC(OC3CN(Cc4ccc5ccccc5n4)C3)=CC2)cn1. The number of allylic oxidation sites excluding steroid dienone is 3. The molecule has 2 aromatic heterocycles. The normalized spacial score (nSPS) is 19.8. The van der Waals surface area contributed by atoms with E-state index in [1.807, 2.05) is 19.2 Å². The Morgan fingerprint density at radius 3 is 2.76 bits per heavy atom. The Labute approximate surface area is 171 Å². The summed E-state index contributed by atoms with van der Waals surface area (Å²) >= 11 is 0. The number of rotatable bonds is 5. The molecular formula is C25H25N3O. The van der Waals surface area contributed by atoms with E-state index in [1.165, 1.54) is 10.9 Å². The molecule has 4 heteroatoms. The molecule has 1 unspecified atom stereocenters. The first kappa shape index (κ1) is 18.1. The third kappa shape index (κ3) is 4.08. The van der Waals surface area contributed by atoms with E-state index in [1.54, 1.807) is 0 Å². The number of para-hydroxylation sites is 1. The Morgan fingerprint density at radius 1 is 1.07 bits per heavy atom. The molecule has 0 N–H and O–H groups in total. The quantitative estimate of drug-likeness (QED) is 0.636. The zero-order valence-electron chi connectivity index (χ0n) is 16.7. The summed E-state index contributed by atoms with van der Waals surface area (Å²) in [5.41, 5.74) is 4.50. The maximum atomic E-state index is 6.17. The highest BCUT2D eigenvalue weighted by molar-refractivity contribution is 5.78. The standard InChI is InChI=1S/C25H25N3O/c1-18-6-7-21(14-26-18)19-9-12-23(13-10-19)29-24-16-28(17-24)15-22-11-8-20-4-2-3-5-25(20)27-22/h2-9,11-14,19,24H,10,15-17H2,1H3. The molecule has 1 fully saturated rings. The molecule has 1 atom stereocenters. The smallest absolute Gasteiger partial charge is 0.124 e. The highest BCUT2D eigenvalue weighted by Crippen LogP contribution is 2.28. The van der Waals surface area contributed by atoms with E-state index in [2.05, 4.69) is 70.6 Å². The summed E-state index contributed by atoms with van der Waals surface area (Å²) in [5.74, 6) is 1.39. The number of hydrogen-bond donors (Lipinski definition) is 0. The van der Waals surface area contributed by atoms with Gasteiger partial charge in [0, 0.05) is 42.8 Å². The average Bonchev–Trinajstić information content (AvgIpc) is 2.73. The largest absolute Gasteiger partial charge is 0.488 e. The lowest BCUT2D eigenvalue weighted by molar-refractivity contribution is -0.0229. The lowest BCUT2D eigenvalue weighted by atomic mass is 9.93. The Bertz CT molecular complexity index is 1060. The summed E-state index contributed by atoms with van der Waals surface area (Å²) in [6.45, 7) is 4.79. The molecule has 1 aliphatic heterocycles. The fourth-order valence-corrected chi connectivity index (χ4v) is 3.98. The van der Waals surface area contributed by atoms with Gasteiger partial charge in [0.05, 0.1) is 11.2 Å². The lowest BCUT2D eigenvalue weighted by Gasteiger charge is -2.39. The predicted octanol–water partition coefficient (Wildman–Crippen LogP) is 4.77. The molecule has 0 radical (unpaired) electrons. The van der Waals surface area contributed by atoms with Crippen molar-refractivity contribution >= 4 is 10.9 Å². The van der Waals surface area contributed by atoms with Crippen LogP contribution in [0.25, 0.3) is 10.9 Å². The van der Waals surface area contributed by atoms with E-state index in [9.17, 15) is 0 Å². The zero-order chi connectivity index (χ0) is 19.6. The van der Waals surface area contributed by atoms with Crippen molar-refractivity contribution in [1.82, 2.24) is 14.9 Å². The van der Waals surface area contributed by atoms with Crippen LogP contribution in [-0.2, 0) is 11.3 Å². The Balaban J connectivity index is 1.11. The van der Waals surface area contributed by atoms with Gasteiger partial charge in [0.25, 0.3) is 0 Å². The van der Waals surface area contributed by atoms with Crippen molar-refractivity contribution in [3.05, 3.63) is 95.7 Å². The van der Waals surface area contributed by atoms with Gasteiger partial charge in [0.2, 0.25) is 0 Å². The van der Waals surface area contributed by atoms with Crippen molar-refractivity contribution in [2.45, 2.75) is 31.9 Å². The van der Waals surface area contributed by atoms with Crippen LogP contribution in [0.3, 0.4) is 0 Å². The molecule has 1 aromatic carbocycles. The highest BCUT2D eigenvalue weighted by Gasteiger charge is 2.29. The van der Waals surface area contributed by atoms with Crippen molar-refractivity contribution < 1.29 is 4.74 Å². The van der Waals surface area contributed by atoms with Gasteiger partial charge in [-0.15, -0.1) is 0 Å². The number of aryl methyl sites for hydroxylation is 1. The second-order valence-corrected chi connectivity index (χ2v) is 7.97. The first-order valence-corrected chi connectivity index (χ1v) is 10.3. The predicted molar refractivity (Wildman–Crippen MR) is 115 cm³/mol. The fourth-order valence-electron chi connectivity index (χ4n) is 3.98. The molecule has 0 saturated carbocycles. The van der Waals surface area contributed by atoms with Crippen LogP contribution in [0, 0.1) is 6.92 Å². The molecule has 0 spiro atoms. The number of hydrogen-bond acceptors (Lipinski definition) is 4. The van der Waals surface area contributed by atoms with Gasteiger partial charge in [0.1, 0.15) is 11.9 Å². The van der Waals surface area contributed by atoms with Crippen LogP contribution in [0.1, 0.15) is 29.3 Å². The third-order valence-corrected chi connectivity index (χ3v) is 5.70. The van der Waals surface area contributed by atoms with Gasteiger partial charge in [-0.25, -0.2) is 0 Å². The van der Waals surface area contributed by atoms with E-state index in [0.717, 1.165) is 48.7 Å². The van der Waals surface area contributed by atoms with E-state index < -0.39 is 0 Å². The van der Waals surface area contributed by atoms with Crippen LogP contribution in [0.5, 0.6) is 0 Å². The lowest BCUT2D eigenvalue weighted by Crippen LogP contribution is -2.51. The van der Waals surface area contributed by atoms with E-state index >= 15 is 0 Å². The molecule has 0 amide bonds. The van der Waals surface area contributed by atoms with Crippen molar-refractivity contribution in [3.63, 3.8) is 0 Å². The number of likely N-dealkylation sites (tertiary alicyclic amines) is 1. The third-order valence-electron chi connectivity index (χ3n) is 5.70. The number of nitrogens with zero attached hydrogens (tertiary/aromatic N) is 3. The summed E-state index contributed by atoms with van der Waals surface area (Å²) in [7, 11) is 0. The van der Waals surface area contributed by atoms with E-state index in [-0.39, 0.29) is 6.10 Å². The van der Waals surface area contributed by atoms with Gasteiger partial charge in [-0.2, -0.15) is 0 Å². The van der Waals surface area contributed by atoms with E-state index in [0.29, 0.717) is 5.92 Å². The molecule has 1 aliphatic carbocycles. The molecule has 3 heterocycles. The Hall–Kier alpha value is -2.98. The fraction of sp³-hybridized carbons (Fsp3) is 0.280. The minimum absolute atomic E-state index is 0.268. The van der Waals surface area contributed by atoms with Crippen molar-refractivity contribution in [2.75, 3.05) is 13.1 Å². The second-order valence-electron chi connectivity index (χ2n) is 7.97. The molecular weight excluding hydrogens is 358 g/mol. The zero-order valence-corrected chi connectivity index (χ0v) is 16.7. The second kappa shape index (κ2) is 7.80. The molecule has 146 valence electrons. The molecule has 0 bridgehead atoms.